The van der Waals surface area contributed by atoms with Crippen LogP contribution >= 0.6 is 0 Å². The van der Waals surface area contributed by atoms with Gasteiger partial charge >= 0.3 is 0 Å². The Morgan fingerprint density at radius 1 is 1.09 bits per heavy atom. The van der Waals surface area contributed by atoms with Crippen LogP contribution in [0.2, 0.25) is 0 Å². The van der Waals surface area contributed by atoms with Gasteiger partial charge in [0.2, 0.25) is 0 Å². The van der Waals surface area contributed by atoms with Crippen molar-refractivity contribution in [1.29, 1.82) is 0 Å². The van der Waals surface area contributed by atoms with E-state index in [1.165, 1.54) is 22.4 Å². The number of aromatic nitrogens is 2. The van der Waals surface area contributed by atoms with Gasteiger partial charge in [0, 0.05) is 55.2 Å². The maximum absolute atomic E-state index is 9.01. The number of hydrogen-bond donors (Lipinski definition) is 2. The number of aryl methyl sites for hydroxylation is 2. The van der Waals surface area contributed by atoms with Crippen molar-refractivity contribution >= 4 is 16.7 Å². The van der Waals surface area contributed by atoms with Gasteiger partial charge in [-0.2, -0.15) is 0 Å². The first kappa shape index (κ1) is 23.3. The van der Waals surface area contributed by atoms with E-state index in [4.69, 9.17) is 9.84 Å². The average Bonchev–Trinajstić information content (AvgIpc) is 3.19. The van der Waals surface area contributed by atoms with E-state index in [0.717, 1.165) is 48.3 Å². The Labute approximate surface area is 196 Å². The minimum absolute atomic E-state index is 0.0160. The van der Waals surface area contributed by atoms with Gasteiger partial charge in [-0.05, 0) is 69.6 Å². The highest BCUT2D eigenvalue weighted by Gasteiger charge is 2.19. The first-order chi connectivity index (χ1) is 15.8. The standard InChI is InChI=1S/C27H34N4O2/c1-19-14-22(15-20(2)25(19)31-10-8-30(5)9-11-31)23-16-24-21(17-28-26(24)29-18-23)6-7-27(3,4)33-13-12-32/h14-18,32H,8-13H2,1-5H3,(H,28,29). The van der Waals surface area contributed by atoms with E-state index in [1.54, 1.807) is 0 Å². The molecule has 0 bridgehead atoms. The third-order valence-electron chi connectivity index (χ3n) is 6.23. The molecule has 174 valence electrons. The number of benzene rings is 1. The SMILES string of the molecule is Cc1cc(-c2cnc3[nH]cc(C#CC(C)(C)OCCO)c3c2)cc(C)c1N1CCN(C)CC1. The zero-order valence-corrected chi connectivity index (χ0v) is 20.3. The molecule has 1 aromatic carbocycles. The van der Waals surface area contributed by atoms with Gasteiger partial charge in [0.1, 0.15) is 11.2 Å². The molecule has 33 heavy (non-hydrogen) atoms. The van der Waals surface area contributed by atoms with Crippen molar-refractivity contribution < 1.29 is 9.84 Å². The van der Waals surface area contributed by atoms with Crippen LogP contribution in [-0.2, 0) is 4.74 Å². The van der Waals surface area contributed by atoms with Crippen molar-refractivity contribution in [1.82, 2.24) is 14.9 Å². The smallest absolute Gasteiger partial charge is 0.138 e. The summed E-state index contributed by atoms with van der Waals surface area (Å²) in [5, 5.41) is 10.0. The second kappa shape index (κ2) is 9.56. The molecule has 1 saturated heterocycles. The summed E-state index contributed by atoms with van der Waals surface area (Å²) in [5.74, 6) is 6.41. The summed E-state index contributed by atoms with van der Waals surface area (Å²) < 4.78 is 5.62. The Bertz CT molecular complexity index is 1170. The summed E-state index contributed by atoms with van der Waals surface area (Å²) in [6, 6.07) is 6.70. The quantitative estimate of drug-likeness (QED) is 0.585. The fourth-order valence-corrected chi connectivity index (χ4v) is 4.47. The van der Waals surface area contributed by atoms with Gasteiger partial charge in [-0.1, -0.05) is 11.8 Å². The van der Waals surface area contributed by atoms with Crippen LogP contribution in [0, 0.1) is 25.7 Å². The van der Waals surface area contributed by atoms with Crippen LogP contribution in [0.1, 0.15) is 30.5 Å². The summed E-state index contributed by atoms with van der Waals surface area (Å²) in [7, 11) is 2.19. The number of H-pyrrole nitrogens is 1. The van der Waals surface area contributed by atoms with Crippen molar-refractivity contribution in [2.75, 3.05) is 51.3 Å². The molecule has 2 N–H and O–H groups in total. The van der Waals surface area contributed by atoms with Gasteiger partial charge < -0.3 is 24.6 Å². The number of fused-ring (bicyclic) bond motifs is 1. The molecule has 4 rings (SSSR count). The van der Waals surface area contributed by atoms with E-state index in [-0.39, 0.29) is 13.2 Å². The monoisotopic (exact) mass is 446 g/mol. The normalized spacial score (nSPS) is 15.0. The number of pyridine rings is 1. The van der Waals surface area contributed by atoms with E-state index < -0.39 is 5.60 Å². The first-order valence-corrected chi connectivity index (χ1v) is 11.6. The lowest BCUT2D eigenvalue weighted by Gasteiger charge is -2.36. The molecule has 0 unspecified atom stereocenters. The molecule has 6 heteroatoms. The average molecular weight is 447 g/mol. The molecule has 1 aliphatic rings. The molecule has 0 aliphatic carbocycles. The van der Waals surface area contributed by atoms with Crippen LogP contribution < -0.4 is 4.90 Å². The van der Waals surface area contributed by atoms with Crippen LogP contribution in [0.5, 0.6) is 0 Å². The molecule has 3 heterocycles. The summed E-state index contributed by atoms with van der Waals surface area (Å²) in [6.07, 6.45) is 3.82. The molecular formula is C27H34N4O2. The molecule has 3 aromatic rings. The Hall–Kier alpha value is -2.85. The van der Waals surface area contributed by atoms with Gasteiger partial charge in [0.25, 0.3) is 0 Å². The zero-order valence-electron chi connectivity index (χ0n) is 20.3. The molecule has 0 radical (unpaired) electrons. The van der Waals surface area contributed by atoms with Crippen LogP contribution in [0.4, 0.5) is 5.69 Å². The number of hydrogen-bond acceptors (Lipinski definition) is 5. The lowest BCUT2D eigenvalue weighted by atomic mass is 9.98. The summed E-state index contributed by atoms with van der Waals surface area (Å²) in [4.78, 5) is 12.8. The number of likely N-dealkylation sites (N-methyl/N-ethyl adjacent to an activating group) is 1. The Morgan fingerprint density at radius 2 is 1.79 bits per heavy atom. The highest BCUT2D eigenvalue weighted by Crippen LogP contribution is 2.32. The van der Waals surface area contributed by atoms with E-state index >= 15 is 0 Å². The van der Waals surface area contributed by atoms with Crippen molar-refractivity contribution in [3.8, 4) is 23.0 Å². The molecule has 0 atom stereocenters. The molecule has 6 nitrogen and oxygen atoms in total. The van der Waals surface area contributed by atoms with Crippen LogP contribution in [-0.4, -0.2) is 72.0 Å². The largest absolute Gasteiger partial charge is 0.394 e. The van der Waals surface area contributed by atoms with Crippen LogP contribution in [0.3, 0.4) is 0 Å². The van der Waals surface area contributed by atoms with Gasteiger partial charge in [-0.25, -0.2) is 4.98 Å². The van der Waals surface area contributed by atoms with Gasteiger partial charge in [0.15, 0.2) is 0 Å². The lowest BCUT2D eigenvalue weighted by Crippen LogP contribution is -2.45. The third-order valence-corrected chi connectivity index (χ3v) is 6.23. The third kappa shape index (κ3) is 5.22. The number of ether oxygens (including phenoxy) is 1. The number of anilines is 1. The lowest BCUT2D eigenvalue weighted by molar-refractivity contribution is 0.00604. The topological polar surface area (TPSA) is 64.6 Å². The Morgan fingerprint density at radius 3 is 2.45 bits per heavy atom. The zero-order chi connectivity index (χ0) is 23.6. The van der Waals surface area contributed by atoms with Crippen molar-refractivity contribution in [3.05, 3.63) is 47.3 Å². The van der Waals surface area contributed by atoms with Gasteiger partial charge in [-0.15, -0.1) is 0 Å². The molecule has 0 spiro atoms. The summed E-state index contributed by atoms with van der Waals surface area (Å²) in [6.45, 7) is 12.8. The second-order valence-corrected chi connectivity index (χ2v) is 9.40. The number of aliphatic hydroxyl groups is 1. The van der Waals surface area contributed by atoms with E-state index in [0.29, 0.717) is 0 Å². The fourth-order valence-electron chi connectivity index (χ4n) is 4.47. The van der Waals surface area contributed by atoms with Crippen LogP contribution in [0.25, 0.3) is 22.2 Å². The molecule has 1 fully saturated rings. The number of rotatable bonds is 5. The molecule has 0 saturated carbocycles. The highest BCUT2D eigenvalue weighted by atomic mass is 16.5. The van der Waals surface area contributed by atoms with E-state index in [9.17, 15) is 0 Å². The van der Waals surface area contributed by atoms with Crippen molar-refractivity contribution in [3.63, 3.8) is 0 Å². The summed E-state index contributed by atoms with van der Waals surface area (Å²) >= 11 is 0. The maximum atomic E-state index is 9.01. The number of nitrogens with one attached hydrogen (secondary N) is 1. The van der Waals surface area contributed by atoms with Gasteiger partial charge in [0.05, 0.1) is 18.8 Å². The Kier molecular flexibility index (Phi) is 6.76. The summed E-state index contributed by atoms with van der Waals surface area (Å²) in [5.41, 5.74) is 7.28. The predicted octanol–water partition coefficient (Wildman–Crippen LogP) is 3.74. The first-order valence-electron chi connectivity index (χ1n) is 11.6. The maximum Gasteiger partial charge on any atom is 0.138 e. The number of aliphatic hydroxyl groups excluding tert-OH is 1. The molecule has 1 aliphatic heterocycles. The number of aromatic amines is 1. The second-order valence-electron chi connectivity index (χ2n) is 9.40. The van der Waals surface area contributed by atoms with Crippen molar-refractivity contribution in [2.24, 2.45) is 0 Å². The predicted molar refractivity (Wildman–Crippen MR) is 135 cm³/mol. The number of nitrogens with zero attached hydrogens (tertiary/aromatic N) is 3. The minimum atomic E-state index is -0.634. The Balaban J connectivity index is 1.65. The molecule has 2 aromatic heterocycles. The highest BCUT2D eigenvalue weighted by molar-refractivity contribution is 5.87. The minimum Gasteiger partial charge on any atom is -0.394 e. The molecular weight excluding hydrogens is 412 g/mol. The molecule has 0 amide bonds. The fraction of sp³-hybridized carbons (Fsp3) is 0.444. The van der Waals surface area contributed by atoms with Crippen LogP contribution in [0.15, 0.2) is 30.6 Å². The van der Waals surface area contributed by atoms with Gasteiger partial charge in [-0.3, -0.25) is 0 Å². The number of piperazine rings is 1. The van der Waals surface area contributed by atoms with E-state index in [2.05, 4.69) is 70.7 Å². The van der Waals surface area contributed by atoms with E-state index in [1.807, 2.05) is 26.2 Å². The van der Waals surface area contributed by atoms with Crippen molar-refractivity contribution in [2.45, 2.75) is 33.3 Å².